The third-order valence-corrected chi connectivity index (χ3v) is 7.11. The molecule has 5 heteroatoms. The van der Waals surface area contributed by atoms with Crippen molar-refractivity contribution in [3.05, 3.63) is 101 Å². The Kier molecular flexibility index (Phi) is 8.48. The molecule has 1 heterocycles. The van der Waals surface area contributed by atoms with E-state index in [2.05, 4.69) is 47.9 Å². The zero-order valence-corrected chi connectivity index (χ0v) is 21.6. The van der Waals surface area contributed by atoms with Crippen LogP contribution in [0.1, 0.15) is 41.3 Å². The van der Waals surface area contributed by atoms with E-state index in [1.54, 1.807) is 7.11 Å². The van der Waals surface area contributed by atoms with E-state index in [-0.39, 0.29) is 5.91 Å². The van der Waals surface area contributed by atoms with Gasteiger partial charge in [0.05, 0.1) is 7.11 Å². The van der Waals surface area contributed by atoms with Crippen LogP contribution in [0.2, 0.25) is 5.02 Å². The molecular formula is C30H35ClN2O2. The first-order chi connectivity index (χ1) is 16.9. The molecule has 4 nitrogen and oxygen atoms in total. The summed E-state index contributed by atoms with van der Waals surface area (Å²) >= 11 is 6.49. The van der Waals surface area contributed by atoms with E-state index in [9.17, 15) is 4.79 Å². The maximum absolute atomic E-state index is 13.5. The number of hydrogen-bond acceptors (Lipinski definition) is 3. The highest BCUT2D eigenvalue weighted by Crippen LogP contribution is 2.36. The number of ether oxygens (including phenoxy) is 1. The number of benzene rings is 3. The summed E-state index contributed by atoms with van der Waals surface area (Å²) in [5, 5.41) is 0.801. The van der Waals surface area contributed by atoms with Crippen LogP contribution < -0.4 is 4.74 Å². The van der Waals surface area contributed by atoms with E-state index in [0.717, 1.165) is 48.1 Å². The maximum Gasteiger partial charge on any atom is 0.253 e. The molecule has 1 saturated heterocycles. The van der Waals surface area contributed by atoms with E-state index < -0.39 is 0 Å². The fourth-order valence-electron chi connectivity index (χ4n) is 5.12. The SMILES string of the molecule is COc1cccc(C2CN(Cc3ccccc3Cl)CC2CN(CC(C)C)C(=O)c2ccccc2)c1. The predicted molar refractivity (Wildman–Crippen MR) is 143 cm³/mol. The average Bonchev–Trinajstić information content (AvgIpc) is 3.27. The van der Waals surface area contributed by atoms with E-state index in [1.165, 1.54) is 5.56 Å². The van der Waals surface area contributed by atoms with Crippen molar-refractivity contribution in [3.8, 4) is 5.75 Å². The first-order valence-electron chi connectivity index (χ1n) is 12.4. The largest absolute Gasteiger partial charge is 0.497 e. The van der Waals surface area contributed by atoms with Gasteiger partial charge in [0, 0.05) is 49.2 Å². The number of amides is 1. The van der Waals surface area contributed by atoms with Gasteiger partial charge in [-0.3, -0.25) is 9.69 Å². The molecule has 4 rings (SSSR count). The van der Waals surface area contributed by atoms with Crippen LogP contribution in [-0.2, 0) is 6.54 Å². The lowest BCUT2D eigenvalue weighted by atomic mass is 9.88. The summed E-state index contributed by atoms with van der Waals surface area (Å²) in [6, 6.07) is 26.1. The third kappa shape index (κ3) is 6.45. The molecule has 184 valence electrons. The Morgan fingerprint density at radius 2 is 1.77 bits per heavy atom. The van der Waals surface area contributed by atoms with Crippen LogP contribution in [0.4, 0.5) is 0 Å². The van der Waals surface area contributed by atoms with Crippen LogP contribution in [0.5, 0.6) is 5.75 Å². The molecule has 0 bridgehead atoms. The average molecular weight is 491 g/mol. The summed E-state index contributed by atoms with van der Waals surface area (Å²) in [6.45, 7) is 8.41. The molecule has 3 aromatic carbocycles. The molecule has 0 spiro atoms. The molecule has 1 fully saturated rings. The van der Waals surface area contributed by atoms with Crippen molar-refractivity contribution in [2.45, 2.75) is 26.3 Å². The lowest BCUT2D eigenvalue weighted by Crippen LogP contribution is -2.39. The quantitative estimate of drug-likeness (QED) is 0.349. The van der Waals surface area contributed by atoms with Gasteiger partial charge in [-0.2, -0.15) is 0 Å². The summed E-state index contributed by atoms with van der Waals surface area (Å²) in [5.74, 6) is 1.96. The van der Waals surface area contributed by atoms with Gasteiger partial charge in [-0.05, 0) is 53.3 Å². The van der Waals surface area contributed by atoms with Crippen LogP contribution in [0.3, 0.4) is 0 Å². The zero-order chi connectivity index (χ0) is 24.8. The highest BCUT2D eigenvalue weighted by molar-refractivity contribution is 6.31. The normalized spacial score (nSPS) is 18.1. The van der Waals surface area contributed by atoms with Crippen LogP contribution in [-0.4, -0.2) is 49.0 Å². The van der Waals surface area contributed by atoms with Crippen molar-refractivity contribution in [3.63, 3.8) is 0 Å². The minimum atomic E-state index is 0.105. The van der Waals surface area contributed by atoms with E-state index >= 15 is 0 Å². The van der Waals surface area contributed by atoms with Gasteiger partial charge < -0.3 is 9.64 Å². The summed E-state index contributed by atoms with van der Waals surface area (Å²) in [7, 11) is 1.71. The van der Waals surface area contributed by atoms with E-state index in [4.69, 9.17) is 16.3 Å². The summed E-state index contributed by atoms with van der Waals surface area (Å²) in [5.41, 5.74) is 3.14. The van der Waals surface area contributed by atoms with Crippen molar-refractivity contribution in [1.29, 1.82) is 0 Å². The van der Waals surface area contributed by atoms with Crippen LogP contribution >= 0.6 is 11.6 Å². The Morgan fingerprint density at radius 1 is 1.03 bits per heavy atom. The topological polar surface area (TPSA) is 32.8 Å². The summed E-state index contributed by atoms with van der Waals surface area (Å²) < 4.78 is 5.52. The monoisotopic (exact) mass is 490 g/mol. The standard InChI is InChI=1S/C30H35ClN2O2/c1-22(2)17-33(30(34)23-10-5-4-6-11-23)20-26-19-32(18-25-12-7-8-15-29(25)31)21-28(26)24-13-9-14-27(16-24)35-3/h4-16,22,26,28H,17-21H2,1-3H3. The van der Waals surface area contributed by atoms with Crippen molar-refractivity contribution in [2.75, 3.05) is 33.3 Å². The smallest absolute Gasteiger partial charge is 0.253 e. The lowest BCUT2D eigenvalue weighted by Gasteiger charge is -2.30. The molecule has 2 atom stereocenters. The van der Waals surface area contributed by atoms with Crippen molar-refractivity contribution < 1.29 is 9.53 Å². The molecule has 2 unspecified atom stereocenters. The van der Waals surface area contributed by atoms with Crippen LogP contribution in [0.25, 0.3) is 0 Å². The van der Waals surface area contributed by atoms with Gasteiger partial charge in [-0.1, -0.05) is 74.0 Å². The molecule has 0 aliphatic carbocycles. The van der Waals surface area contributed by atoms with Gasteiger partial charge in [0.1, 0.15) is 5.75 Å². The fraction of sp³-hybridized carbons (Fsp3) is 0.367. The van der Waals surface area contributed by atoms with Gasteiger partial charge in [0.2, 0.25) is 0 Å². The van der Waals surface area contributed by atoms with Crippen LogP contribution in [0.15, 0.2) is 78.9 Å². The van der Waals surface area contributed by atoms with E-state index in [1.807, 2.05) is 54.6 Å². The van der Waals surface area contributed by atoms with Gasteiger partial charge >= 0.3 is 0 Å². The van der Waals surface area contributed by atoms with Crippen molar-refractivity contribution in [1.82, 2.24) is 9.80 Å². The lowest BCUT2D eigenvalue weighted by molar-refractivity contribution is 0.0703. The third-order valence-electron chi connectivity index (χ3n) is 6.74. The molecule has 1 amide bonds. The maximum atomic E-state index is 13.5. The zero-order valence-electron chi connectivity index (χ0n) is 20.9. The molecule has 3 aromatic rings. The minimum absolute atomic E-state index is 0.105. The van der Waals surface area contributed by atoms with Gasteiger partial charge in [0.15, 0.2) is 0 Å². The second kappa shape index (κ2) is 11.7. The Bertz CT molecular complexity index is 1120. The first-order valence-corrected chi connectivity index (χ1v) is 12.8. The predicted octanol–water partition coefficient (Wildman–Crippen LogP) is 6.36. The number of nitrogens with zero attached hydrogens (tertiary/aromatic N) is 2. The summed E-state index contributed by atoms with van der Waals surface area (Å²) in [4.78, 5) is 18.0. The Balaban J connectivity index is 1.61. The van der Waals surface area contributed by atoms with Crippen molar-refractivity contribution >= 4 is 17.5 Å². The number of hydrogen-bond donors (Lipinski definition) is 0. The molecular weight excluding hydrogens is 456 g/mol. The van der Waals surface area contributed by atoms with Gasteiger partial charge in [0.25, 0.3) is 5.91 Å². The fourth-order valence-corrected chi connectivity index (χ4v) is 5.32. The molecule has 1 aliphatic rings. The van der Waals surface area contributed by atoms with Crippen LogP contribution in [0, 0.1) is 11.8 Å². The molecule has 0 radical (unpaired) electrons. The van der Waals surface area contributed by atoms with E-state index in [0.29, 0.717) is 24.3 Å². The number of carbonyl (C=O) groups excluding carboxylic acids is 1. The van der Waals surface area contributed by atoms with Crippen molar-refractivity contribution in [2.24, 2.45) is 11.8 Å². The highest BCUT2D eigenvalue weighted by Gasteiger charge is 2.36. The highest BCUT2D eigenvalue weighted by atomic mass is 35.5. The number of rotatable bonds is 9. The van der Waals surface area contributed by atoms with Gasteiger partial charge in [-0.25, -0.2) is 0 Å². The second-order valence-corrected chi connectivity index (χ2v) is 10.3. The van der Waals surface area contributed by atoms with Gasteiger partial charge in [-0.15, -0.1) is 0 Å². The molecule has 0 N–H and O–H groups in total. The second-order valence-electron chi connectivity index (χ2n) is 9.90. The Morgan fingerprint density at radius 3 is 2.49 bits per heavy atom. The molecule has 0 saturated carbocycles. The Hall–Kier alpha value is -2.82. The molecule has 0 aromatic heterocycles. The number of methoxy groups -OCH3 is 1. The number of carbonyl (C=O) groups is 1. The minimum Gasteiger partial charge on any atom is -0.497 e. The molecule has 35 heavy (non-hydrogen) atoms. The Labute approximate surface area is 214 Å². The number of halogens is 1. The molecule has 1 aliphatic heterocycles. The summed E-state index contributed by atoms with van der Waals surface area (Å²) in [6.07, 6.45) is 0. The first kappa shape index (κ1) is 25.3. The number of likely N-dealkylation sites (tertiary alicyclic amines) is 1.